The van der Waals surface area contributed by atoms with E-state index < -0.39 is 10.8 Å². The first-order valence-electron chi connectivity index (χ1n) is 7.69. The van der Waals surface area contributed by atoms with E-state index in [1.165, 1.54) is 5.56 Å². The maximum Gasteiger partial charge on any atom is 0.0849 e. The van der Waals surface area contributed by atoms with Gasteiger partial charge in [0.05, 0.1) is 10.8 Å². The minimum Gasteiger partial charge on any atom is -0.304 e. The molecular formula is C18H22N2OS. The summed E-state index contributed by atoms with van der Waals surface area (Å²) < 4.78 is 12.5. The number of hydrogen-bond donors (Lipinski definition) is 0. The van der Waals surface area contributed by atoms with Crippen LogP contribution in [0.15, 0.2) is 64.4 Å². The maximum absolute atomic E-state index is 12.5. The Balaban J connectivity index is 1.64. The minimum absolute atomic E-state index is 0.856. The smallest absolute Gasteiger partial charge is 0.0849 e. The monoisotopic (exact) mass is 314 g/mol. The van der Waals surface area contributed by atoms with Crippen molar-refractivity contribution in [2.45, 2.75) is 16.3 Å². The summed E-state index contributed by atoms with van der Waals surface area (Å²) in [5, 5.41) is 0. The van der Waals surface area contributed by atoms with Gasteiger partial charge in [-0.15, -0.1) is 0 Å². The van der Waals surface area contributed by atoms with Gasteiger partial charge in [-0.2, -0.15) is 0 Å². The quantitative estimate of drug-likeness (QED) is 0.867. The standard InChI is InChI=1S/C18H22N2OS/c1-19-11-13-20(14-12-19)15-16-7-9-18(10-8-16)22(21)17-5-3-2-4-6-17/h2-10H,11-15H2,1H3. The van der Waals surface area contributed by atoms with Crippen LogP contribution in [0.4, 0.5) is 0 Å². The topological polar surface area (TPSA) is 23.6 Å². The Morgan fingerprint density at radius 2 is 1.45 bits per heavy atom. The fraction of sp³-hybridized carbons (Fsp3) is 0.333. The van der Waals surface area contributed by atoms with Gasteiger partial charge in [0.15, 0.2) is 0 Å². The van der Waals surface area contributed by atoms with Crippen LogP contribution < -0.4 is 0 Å². The van der Waals surface area contributed by atoms with Gasteiger partial charge in [-0.3, -0.25) is 4.90 Å². The molecule has 22 heavy (non-hydrogen) atoms. The van der Waals surface area contributed by atoms with E-state index >= 15 is 0 Å². The number of rotatable bonds is 4. The zero-order chi connectivity index (χ0) is 15.4. The molecule has 0 N–H and O–H groups in total. The van der Waals surface area contributed by atoms with Crippen molar-refractivity contribution in [3.8, 4) is 0 Å². The molecule has 0 radical (unpaired) electrons. The van der Waals surface area contributed by atoms with E-state index in [-0.39, 0.29) is 0 Å². The summed E-state index contributed by atoms with van der Waals surface area (Å²) in [5.74, 6) is 0. The highest BCUT2D eigenvalue weighted by Gasteiger charge is 2.14. The van der Waals surface area contributed by atoms with Crippen LogP contribution in [0.1, 0.15) is 5.56 Å². The van der Waals surface area contributed by atoms with E-state index in [1.807, 2.05) is 42.5 Å². The molecule has 116 valence electrons. The van der Waals surface area contributed by atoms with Gasteiger partial charge in [0.1, 0.15) is 0 Å². The molecule has 1 heterocycles. The van der Waals surface area contributed by atoms with E-state index in [4.69, 9.17) is 0 Å². The fourth-order valence-electron chi connectivity index (χ4n) is 2.66. The van der Waals surface area contributed by atoms with Gasteiger partial charge in [-0.25, -0.2) is 4.21 Å². The van der Waals surface area contributed by atoms with Crippen molar-refractivity contribution >= 4 is 10.8 Å². The molecule has 1 unspecified atom stereocenters. The first kappa shape index (κ1) is 15.4. The summed E-state index contributed by atoms with van der Waals surface area (Å²) in [6, 6.07) is 17.8. The highest BCUT2D eigenvalue weighted by Crippen LogP contribution is 2.17. The van der Waals surface area contributed by atoms with Crippen LogP contribution in [0.5, 0.6) is 0 Å². The van der Waals surface area contributed by atoms with Gasteiger partial charge >= 0.3 is 0 Å². The Hall–Kier alpha value is -1.49. The molecule has 1 saturated heterocycles. The van der Waals surface area contributed by atoms with Crippen LogP contribution in [0, 0.1) is 0 Å². The lowest BCUT2D eigenvalue weighted by Crippen LogP contribution is -2.43. The molecule has 1 atom stereocenters. The van der Waals surface area contributed by atoms with Gasteiger partial charge in [0, 0.05) is 42.5 Å². The molecule has 2 aromatic carbocycles. The molecule has 4 heteroatoms. The highest BCUT2D eigenvalue weighted by molar-refractivity contribution is 7.85. The molecule has 3 nitrogen and oxygen atoms in total. The molecule has 1 fully saturated rings. The molecule has 3 rings (SSSR count). The van der Waals surface area contributed by atoms with Crippen molar-refractivity contribution in [1.82, 2.24) is 9.80 Å². The van der Waals surface area contributed by atoms with E-state index in [1.54, 1.807) is 0 Å². The zero-order valence-electron chi connectivity index (χ0n) is 12.9. The Bertz CT molecular complexity index is 619. The molecule has 0 spiro atoms. The molecule has 1 aliphatic rings. The first-order valence-corrected chi connectivity index (χ1v) is 8.84. The van der Waals surface area contributed by atoms with Crippen molar-refractivity contribution < 1.29 is 4.21 Å². The fourth-order valence-corrected chi connectivity index (χ4v) is 3.72. The first-order chi connectivity index (χ1) is 10.7. The second-order valence-corrected chi connectivity index (χ2v) is 7.29. The molecule has 0 amide bonds. The van der Waals surface area contributed by atoms with Gasteiger partial charge < -0.3 is 4.90 Å². The Kier molecular flexibility index (Phi) is 5.03. The summed E-state index contributed by atoms with van der Waals surface area (Å²) >= 11 is 0. The van der Waals surface area contributed by atoms with Crippen LogP contribution >= 0.6 is 0 Å². The molecule has 0 aromatic heterocycles. The van der Waals surface area contributed by atoms with E-state index in [9.17, 15) is 4.21 Å². The second-order valence-electron chi connectivity index (χ2n) is 5.81. The third kappa shape index (κ3) is 3.83. The number of likely N-dealkylation sites (N-methyl/N-ethyl adjacent to an activating group) is 1. The van der Waals surface area contributed by atoms with Crippen LogP contribution in [-0.2, 0) is 17.3 Å². The molecule has 1 aliphatic heterocycles. The number of hydrogen-bond acceptors (Lipinski definition) is 3. The molecular weight excluding hydrogens is 292 g/mol. The van der Waals surface area contributed by atoms with E-state index in [2.05, 4.69) is 29.0 Å². The minimum atomic E-state index is -1.09. The van der Waals surface area contributed by atoms with Crippen LogP contribution in [-0.4, -0.2) is 47.2 Å². The average molecular weight is 314 g/mol. The van der Waals surface area contributed by atoms with Crippen molar-refractivity contribution in [2.75, 3.05) is 33.2 Å². The normalized spacial score (nSPS) is 18.2. The summed E-state index contributed by atoms with van der Waals surface area (Å²) in [4.78, 5) is 6.56. The Labute approximate surface area is 135 Å². The lowest BCUT2D eigenvalue weighted by molar-refractivity contribution is 0.148. The zero-order valence-corrected chi connectivity index (χ0v) is 13.8. The number of benzene rings is 2. The average Bonchev–Trinajstić information content (AvgIpc) is 2.58. The van der Waals surface area contributed by atoms with Gasteiger partial charge in [0.25, 0.3) is 0 Å². The van der Waals surface area contributed by atoms with Gasteiger partial charge in [-0.1, -0.05) is 30.3 Å². The van der Waals surface area contributed by atoms with E-state index in [0.717, 1.165) is 42.5 Å². The predicted octanol–water partition coefficient (Wildman–Crippen LogP) is 2.60. The lowest BCUT2D eigenvalue weighted by atomic mass is 10.2. The summed E-state index contributed by atoms with van der Waals surface area (Å²) in [5.41, 5.74) is 1.29. The molecule has 0 bridgehead atoms. The molecule has 2 aromatic rings. The van der Waals surface area contributed by atoms with Gasteiger partial charge in [0.2, 0.25) is 0 Å². The molecule has 0 saturated carbocycles. The van der Waals surface area contributed by atoms with Crippen molar-refractivity contribution in [2.24, 2.45) is 0 Å². The summed E-state index contributed by atoms with van der Waals surface area (Å²) in [7, 11) is 1.08. The third-order valence-corrected chi connectivity index (χ3v) is 5.50. The Morgan fingerprint density at radius 3 is 2.09 bits per heavy atom. The Morgan fingerprint density at radius 1 is 0.864 bits per heavy atom. The van der Waals surface area contributed by atoms with Crippen LogP contribution in [0.3, 0.4) is 0 Å². The third-order valence-electron chi connectivity index (χ3n) is 4.10. The lowest BCUT2D eigenvalue weighted by Gasteiger charge is -2.32. The summed E-state index contributed by atoms with van der Waals surface area (Å²) in [6.07, 6.45) is 0. The maximum atomic E-state index is 12.5. The van der Waals surface area contributed by atoms with Gasteiger partial charge in [-0.05, 0) is 36.9 Å². The largest absolute Gasteiger partial charge is 0.304 e. The van der Waals surface area contributed by atoms with Crippen LogP contribution in [0.25, 0.3) is 0 Å². The van der Waals surface area contributed by atoms with E-state index in [0.29, 0.717) is 0 Å². The van der Waals surface area contributed by atoms with Crippen LogP contribution in [0.2, 0.25) is 0 Å². The second kappa shape index (κ2) is 7.18. The van der Waals surface area contributed by atoms with Crippen molar-refractivity contribution in [3.05, 3.63) is 60.2 Å². The van der Waals surface area contributed by atoms with Crippen molar-refractivity contribution in [3.63, 3.8) is 0 Å². The summed E-state index contributed by atoms with van der Waals surface area (Å²) in [6.45, 7) is 5.49. The predicted molar refractivity (Wildman–Crippen MR) is 90.3 cm³/mol. The number of piperazine rings is 1. The number of nitrogens with zero attached hydrogens (tertiary/aromatic N) is 2. The molecule has 0 aliphatic carbocycles. The highest BCUT2D eigenvalue weighted by atomic mass is 32.2. The SMILES string of the molecule is CN1CCN(Cc2ccc(S(=O)c3ccccc3)cc2)CC1. The van der Waals surface area contributed by atoms with Crippen molar-refractivity contribution in [1.29, 1.82) is 0 Å².